The normalized spacial score (nSPS) is 10.3. The minimum atomic E-state index is 0.733. The van der Waals surface area contributed by atoms with E-state index in [9.17, 15) is 0 Å². The highest BCUT2D eigenvalue weighted by atomic mass is 79.9. The lowest BCUT2D eigenvalue weighted by Crippen LogP contribution is -1.84. The van der Waals surface area contributed by atoms with Gasteiger partial charge in [-0.25, -0.2) is 4.98 Å². The lowest BCUT2D eigenvalue weighted by atomic mass is 10.1. The van der Waals surface area contributed by atoms with Crippen molar-refractivity contribution < 1.29 is 0 Å². The van der Waals surface area contributed by atoms with E-state index in [0.29, 0.717) is 0 Å². The highest BCUT2D eigenvalue weighted by molar-refractivity contribution is 9.13. The van der Waals surface area contributed by atoms with Gasteiger partial charge in [-0.1, -0.05) is 29.8 Å². The Morgan fingerprint density at radius 1 is 1.00 bits per heavy atom. The van der Waals surface area contributed by atoms with E-state index in [2.05, 4.69) is 36.8 Å². The van der Waals surface area contributed by atoms with Crippen molar-refractivity contribution in [3.8, 4) is 11.1 Å². The van der Waals surface area contributed by atoms with Crippen LogP contribution in [0.15, 0.2) is 45.6 Å². The summed E-state index contributed by atoms with van der Waals surface area (Å²) in [5.41, 5.74) is 2.02. The van der Waals surface area contributed by atoms with E-state index >= 15 is 0 Å². The molecule has 15 heavy (non-hydrogen) atoms. The third-order valence-electron chi connectivity index (χ3n) is 2.01. The van der Waals surface area contributed by atoms with E-state index in [0.717, 1.165) is 25.2 Å². The van der Waals surface area contributed by atoms with Gasteiger partial charge >= 0.3 is 0 Å². The summed E-state index contributed by atoms with van der Waals surface area (Å²) >= 11 is 13.0. The van der Waals surface area contributed by atoms with E-state index in [1.54, 1.807) is 6.20 Å². The zero-order valence-corrected chi connectivity index (χ0v) is 11.5. The van der Waals surface area contributed by atoms with Gasteiger partial charge in [-0.05, 0) is 44.0 Å². The molecule has 0 bridgehead atoms. The highest BCUT2D eigenvalue weighted by Gasteiger charge is 2.09. The number of halogens is 3. The van der Waals surface area contributed by atoms with Crippen molar-refractivity contribution in [2.24, 2.45) is 0 Å². The average Bonchev–Trinajstić information content (AvgIpc) is 2.23. The molecule has 2 rings (SSSR count). The van der Waals surface area contributed by atoms with Crippen molar-refractivity contribution in [2.45, 2.75) is 0 Å². The first-order chi connectivity index (χ1) is 7.20. The maximum absolute atomic E-state index is 6.13. The summed E-state index contributed by atoms with van der Waals surface area (Å²) in [7, 11) is 0. The summed E-state index contributed by atoms with van der Waals surface area (Å²) in [5.74, 6) is 0. The van der Waals surface area contributed by atoms with Crippen LogP contribution in [0.2, 0.25) is 5.02 Å². The summed E-state index contributed by atoms with van der Waals surface area (Å²) in [6, 6.07) is 9.65. The molecule has 1 heterocycles. The highest BCUT2D eigenvalue weighted by Crippen LogP contribution is 2.35. The van der Waals surface area contributed by atoms with Crippen LogP contribution in [0, 0.1) is 0 Å². The first kappa shape index (κ1) is 11.1. The number of nitrogens with zero attached hydrogens (tertiary/aromatic N) is 1. The smallest absolute Gasteiger partial charge is 0.120 e. The van der Waals surface area contributed by atoms with Gasteiger partial charge in [0, 0.05) is 22.3 Å². The molecule has 0 spiro atoms. The van der Waals surface area contributed by atoms with Crippen molar-refractivity contribution in [3.63, 3.8) is 0 Å². The molecule has 0 radical (unpaired) electrons. The molecule has 2 aromatic rings. The van der Waals surface area contributed by atoms with Gasteiger partial charge in [-0.3, -0.25) is 0 Å². The molecule has 76 valence electrons. The number of aromatic nitrogens is 1. The molecule has 0 unspecified atom stereocenters. The first-order valence-corrected chi connectivity index (χ1v) is 6.21. The molecule has 0 aliphatic carbocycles. The Labute approximate surface area is 110 Å². The quantitative estimate of drug-likeness (QED) is 0.667. The third kappa shape index (κ3) is 2.25. The Balaban J connectivity index is 2.65. The van der Waals surface area contributed by atoms with Crippen LogP contribution in [-0.4, -0.2) is 4.98 Å². The predicted octanol–water partition coefficient (Wildman–Crippen LogP) is 4.93. The minimum absolute atomic E-state index is 0.733. The Morgan fingerprint density at radius 3 is 2.47 bits per heavy atom. The summed E-state index contributed by atoms with van der Waals surface area (Å²) in [5, 5.41) is 0.733. The van der Waals surface area contributed by atoms with Crippen molar-refractivity contribution >= 4 is 43.5 Å². The van der Waals surface area contributed by atoms with Crippen LogP contribution in [0.4, 0.5) is 0 Å². The Bertz CT molecular complexity index is 500. The molecular weight excluding hydrogens is 341 g/mol. The van der Waals surface area contributed by atoms with Gasteiger partial charge in [-0.15, -0.1) is 0 Å². The zero-order chi connectivity index (χ0) is 10.8. The molecule has 0 atom stereocenters. The van der Waals surface area contributed by atoms with Gasteiger partial charge in [0.2, 0.25) is 0 Å². The summed E-state index contributed by atoms with van der Waals surface area (Å²) in [4.78, 5) is 4.12. The molecule has 0 saturated heterocycles. The van der Waals surface area contributed by atoms with E-state index in [1.807, 2.05) is 30.3 Å². The van der Waals surface area contributed by atoms with Crippen molar-refractivity contribution in [1.29, 1.82) is 0 Å². The fourth-order valence-electron chi connectivity index (χ4n) is 1.31. The SMILES string of the molecule is Clc1ccccc1-c1ccnc(Br)c1Br. The molecule has 0 N–H and O–H groups in total. The Morgan fingerprint density at radius 2 is 1.73 bits per heavy atom. The van der Waals surface area contributed by atoms with Gasteiger partial charge in [0.1, 0.15) is 4.60 Å². The number of benzene rings is 1. The number of hydrogen-bond donors (Lipinski definition) is 0. The fraction of sp³-hybridized carbons (Fsp3) is 0. The second kappa shape index (κ2) is 4.64. The van der Waals surface area contributed by atoms with Crippen molar-refractivity contribution in [1.82, 2.24) is 4.98 Å². The van der Waals surface area contributed by atoms with Gasteiger partial charge in [0.05, 0.1) is 4.47 Å². The van der Waals surface area contributed by atoms with E-state index < -0.39 is 0 Å². The predicted molar refractivity (Wildman–Crippen MR) is 70.1 cm³/mol. The maximum atomic E-state index is 6.13. The average molecular weight is 347 g/mol. The molecule has 1 aromatic heterocycles. The van der Waals surface area contributed by atoms with Crippen LogP contribution in [0.25, 0.3) is 11.1 Å². The maximum Gasteiger partial charge on any atom is 0.120 e. The van der Waals surface area contributed by atoms with Crippen LogP contribution < -0.4 is 0 Å². The van der Waals surface area contributed by atoms with Gasteiger partial charge in [0.15, 0.2) is 0 Å². The Kier molecular flexibility index (Phi) is 3.44. The molecular formula is C11H6Br2ClN. The molecule has 0 saturated carbocycles. The lowest BCUT2D eigenvalue weighted by molar-refractivity contribution is 1.26. The van der Waals surface area contributed by atoms with Crippen LogP contribution in [0.5, 0.6) is 0 Å². The molecule has 0 fully saturated rings. The molecule has 0 aliphatic rings. The molecule has 4 heteroatoms. The van der Waals surface area contributed by atoms with Crippen LogP contribution in [0.1, 0.15) is 0 Å². The van der Waals surface area contributed by atoms with Gasteiger partial charge in [-0.2, -0.15) is 0 Å². The third-order valence-corrected chi connectivity index (χ3v) is 4.28. The van der Waals surface area contributed by atoms with Crippen molar-refractivity contribution in [2.75, 3.05) is 0 Å². The standard InChI is InChI=1S/C11H6Br2ClN/c12-10-8(5-6-15-11(10)13)7-3-1-2-4-9(7)14/h1-6H. The topological polar surface area (TPSA) is 12.9 Å². The first-order valence-electron chi connectivity index (χ1n) is 4.25. The minimum Gasteiger partial charge on any atom is -0.248 e. The molecule has 0 aliphatic heterocycles. The van der Waals surface area contributed by atoms with Crippen molar-refractivity contribution in [3.05, 3.63) is 50.6 Å². The van der Waals surface area contributed by atoms with Gasteiger partial charge < -0.3 is 0 Å². The fourth-order valence-corrected chi connectivity index (χ4v) is 2.32. The lowest BCUT2D eigenvalue weighted by Gasteiger charge is -2.07. The van der Waals surface area contributed by atoms with Crippen LogP contribution in [-0.2, 0) is 0 Å². The summed E-state index contributed by atoms with van der Waals surface area (Å²) in [6.45, 7) is 0. The van der Waals surface area contributed by atoms with Crippen LogP contribution >= 0.6 is 43.5 Å². The summed E-state index contributed by atoms with van der Waals surface area (Å²) in [6.07, 6.45) is 1.74. The Hall–Kier alpha value is -0.380. The second-order valence-corrected chi connectivity index (χ2v) is 4.89. The zero-order valence-electron chi connectivity index (χ0n) is 7.55. The number of rotatable bonds is 1. The van der Waals surface area contributed by atoms with E-state index in [-0.39, 0.29) is 0 Å². The number of hydrogen-bond acceptors (Lipinski definition) is 1. The van der Waals surface area contributed by atoms with E-state index in [1.165, 1.54) is 0 Å². The molecule has 0 amide bonds. The second-order valence-electron chi connectivity index (χ2n) is 2.94. The monoisotopic (exact) mass is 345 g/mol. The summed E-state index contributed by atoms with van der Waals surface area (Å²) < 4.78 is 1.69. The van der Waals surface area contributed by atoms with Crippen LogP contribution in [0.3, 0.4) is 0 Å². The number of pyridine rings is 1. The molecule has 1 nitrogen and oxygen atoms in total. The van der Waals surface area contributed by atoms with E-state index in [4.69, 9.17) is 11.6 Å². The van der Waals surface area contributed by atoms with Gasteiger partial charge in [0.25, 0.3) is 0 Å². The molecule has 1 aromatic carbocycles. The largest absolute Gasteiger partial charge is 0.248 e.